The fraction of sp³-hybridized carbons (Fsp3) is 0.192. The van der Waals surface area contributed by atoms with E-state index >= 15 is 0 Å². The van der Waals surface area contributed by atoms with E-state index in [0.717, 1.165) is 33.3 Å². The Kier molecular flexibility index (Phi) is 5.29. The first-order chi connectivity index (χ1) is 16.1. The molecule has 5 rings (SSSR count). The summed E-state index contributed by atoms with van der Waals surface area (Å²) >= 11 is 0. The lowest BCUT2D eigenvalue weighted by Crippen LogP contribution is -2.33. The number of carbonyl (C=O) groups is 1. The molecule has 1 aromatic carbocycles. The van der Waals surface area contributed by atoms with Crippen molar-refractivity contribution in [1.29, 1.82) is 5.26 Å². The first-order valence-electron chi connectivity index (χ1n) is 10.6. The molecule has 1 aliphatic heterocycles. The number of fused-ring (bicyclic) bond motifs is 2. The Labute approximate surface area is 191 Å². The zero-order chi connectivity index (χ0) is 22.8. The molecule has 0 spiro atoms. The summed E-state index contributed by atoms with van der Waals surface area (Å²) in [6, 6.07) is 17.4. The largest absolute Gasteiger partial charge is 0.375 e. The Balaban J connectivity index is 1.35. The SMILES string of the molecule is C[C@@]1(C#N)COCc2ccc(C(=O)NCc3cc4nc(-c5ccncc5)ccc4cn3)cc21. The second kappa shape index (κ2) is 8.41. The van der Waals surface area contributed by atoms with E-state index in [9.17, 15) is 10.1 Å². The number of aromatic nitrogens is 3. The molecule has 0 saturated carbocycles. The van der Waals surface area contributed by atoms with Crippen LogP contribution >= 0.6 is 0 Å². The minimum Gasteiger partial charge on any atom is -0.375 e. The van der Waals surface area contributed by atoms with Crippen LogP contribution in [0.3, 0.4) is 0 Å². The Hall–Kier alpha value is -4.15. The van der Waals surface area contributed by atoms with Gasteiger partial charge in [-0.3, -0.25) is 14.8 Å². The van der Waals surface area contributed by atoms with Crippen molar-refractivity contribution < 1.29 is 9.53 Å². The Bertz CT molecular complexity index is 1400. The number of amides is 1. The average Bonchev–Trinajstić information content (AvgIpc) is 2.87. The fourth-order valence-corrected chi connectivity index (χ4v) is 4.00. The van der Waals surface area contributed by atoms with Crippen LogP contribution in [0.1, 0.15) is 34.1 Å². The first-order valence-corrected chi connectivity index (χ1v) is 10.6. The summed E-state index contributed by atoms with van der Waals surface area (Å²) in [7, 11) is 0. The number of hydrogen-bond donors (Lipinski definition) is 1. The maximum absolute atomic E-state index is 12.8. The molecule has 1 N–H and O–H groups in total. The van der Waals surface area contributed by atoms with Gasteiger partial charge >= 0.3 is 0 Å². The molecule has 1 atom stereocenters. The molecular formula is C26H21N5O2. The topological polar surface area (TPSA) is 101 Å². The third kappa shape index (κ3) is 4.04. The van der Waals surface area contributed by atoms with Gasteiger partial charge in [0.25, 0.3) is 5.91 Å². The predicted octanol–water partition coefficient (Wildman–Crippen LogP) is 3.93. The van der Waals surface area contributed by atoms with Crippen LogP contribution in [0.15, 0.2) is 67.1 Å². The van der Waals surface area contributed by atoms with E-state index in [4.69, 9.17) is 9.72 Å². The van der Waals surface area contributed by atoms with Crippen LogP contribution in [-0.2, 0) is 23.3 Å². The molecule has 0 unspecified atom stereocenters. The number of hydrogen-bond acceptors (Lipinski definition) is 6. The maximum atomic E-state index is 12.8. The number of ether oxygens (including phenoxy) is 1. The number of pyridine rings is 3. The van der Waals surface area contributed by atoms with Crippen LogP contribution in [0.25, 0.3) is 22.2 Å². The van der Waals surface area contributed by atoms with Crippen molar-refractivity contribution in [2.45, 2.75) is 25.5 Å². The van der Waals surface area contributed by atoms with E-state index in [1.54, 1.807) is 30.7 Å². The molecule has 0 fully saturated rings. The number of rotatable bonds is 4. The highest BCUT2D eigenvalue weighted by Gasteiger charge is 2.33. The molecule has 0 saturated heterocycles. The van der Waals surface area contributed by atoms with E-state index in [2.05, 4.69) is 21.4 Å². The lowest BCUT2D eigenvalue weighted by molar-refractivity contribution is 0.0757. The molecule has 1 aliphatic rings. The second-order valence-corrected chi connectivity index (χ2v) is 8.29. The van der Waals surface area contributed by atoms with Gasteiger partial charge in [0.2, 0.25) is 0 Å². The lowest BCUT2D eigenvalue weighted by Gasteiger charge is -2.30. The third-order valence-corrected chi connectivity index (χ3v) is 5.90. The minimum absolute atomic E-state index is 0.218. The summed E-state index contributed by atoms with van der Waals surface area (Å²) in [5, 5.41) is 13.5. The van der Waals surface area contributed by atoms with E-state index in [1.807, 2.05) is 43.3 Å². The molecule has 3 aromatic heterocycles. The van der Waals surface area contributed by atoms with Crippen LogP contribution in [-0.4, -0.2) is 27.5 Å². The van der Waals surface area contributed by atoms with Crippen LogP contribution in [0.2, 0.25) is 0 Å². The van der Waals surface area contributed by atoms with Crippen LogP contribution in [0.5, 0.6) is 0 Å². The monoisotopic (exact) mass is 435 g/mol. The van der Waals surface area contributed by atoms with Gasteiger partial charge in [-0.05, 0) is 60.5 Å². The summed E-state index contributed by atoms with van der Waals surface area (Å²) in [5.41, 5.74) is 4.89. The summed E-state index contributed by atoms with van der Waals surface area (Å²) in [6.45, 7) is 2.87. The van der Waals surface area contributed by atoms with Gasteiger partial charge in [0.1, 0.15) is 5.41 Å². The Morgan fingerprint density at radius 3 is 2.85 bits per heavy atom. The van der Waals surface area contributed by atoms with Crippen molar-refractivity contribution in [3.8, 4) is 17.3 Å². The maximum Gasteiger partial charge on any atom is 0.251 e. The summed E-state index contributed by atoms with van der Waals surface area (Å²) in [4.78, 5) is 26.1. The molecule has 0 aliphatic carbocycles. The highest BCUT2D eigenvalue weighted by molar-refractivity contribution is 5.94. The zero-order valence-corrected chi connectivity index (χ0v) is 18.1. The van der Waals surface area contributed by atoms with Crippen molar-refractivity contribution in [2.75, 3.05) is 6.61 Å². The van der Waals surface area contributed by atoms with Crippen molar-refractivity contribution >= 4 is 16.8 Å². The molecule has 1 amide bonds. The average molecular weight is 435 g/mol. The van der Waals surface area contributed by atoms with E-state index in [-0.39, 0.29) is 12.5 Å². The molecular weight excluding hydrogens is 414 g/mol. The van der Waals surface area contributed by atoms with Gasteiger partial charge in [0.05, 0.1) is 42.7 Å². The first kappa shape index (κ1) is 20.7. The molecule has 7 nitrogen and oxygen atoms in total. The summed E-state index contributed by atoms with van der Waals surface area (Å²) in [6.07, 6.45) is 5.24. The Morgan fingerprint density at radius 1 is 1.18 bits per heavy atom. The highest BCUT2D eigenvalue weighted by atomic mass is 16.5. The van der Waals surface area contributed by atoms with E-state index in [1.165, 1.54) is 0 Å². The van der Waals surface area contributed by atoms with Crippen LogP contribution in [0.4, 0.5) is 0 Å². The quantitative estimate of drug-likeness (QED) is 0.521. The molecule has 0 bridgehead atoms. The summed E-state index contributed by atoms with van der Waals surface area (Å²) in [5.74, 6) is -0.218. The predicted molar refractivity (Wildman–Crippen MR) is 123 cm³/mol. The number of nitrogens with one attached hydrogen (secondary N) is 1. The summed E-state index contributed by atoms with van der Waals surface area (Å²) < 4.78 is 5.54. The molecule has 33 heavy (non-hydrogen) atoms. The Morgan fingerprint density at radius 2 is 2.03 bits per heavy atom. The van der Waals surface area contributed by atoms with Crippen molar-refractivity contribution in [2.24, 2.45) is 0 Å². The highest BCUT2D eigenvalue weighted by Crippen LogP contribution is 2.32. The number of nitrogens with zero attached hydrogens (tertiary/aromatic N) is 4. The van der Waals surface area contributed by atoms with Crippen molar-refractivity contribution in [3.05, 3.63) is 89.5 Å². The third-order valence-electron chi connectivity index (χ3n) is 5.90. The van der Waals surface area contributed by atoms with Gasteiger partial charge in [-0.1, -0.05) is 6.07 Å². The van der Waals surface area contributed by atoms with Crippen LogP contribution < -0.4 is 5.32 Å². The standard InChI is InChI=1S/C26H21N5O2/c1-26(15-27)16-33-14-20-3-2-18(10-22(20)26)25(32)30-13-21-11-24-19(12-29-21)4-5-23(31-24)17-6-8-28-9-7-17/h2-12H,13-14,16H2,1H3,(H,30,32)/t26-/m1/s1. The van der Waals surface area contributed by atoms with Crippen LogP contribution in [0, 0.1) is 11.3 Å². The zero-order valence-electron chi connectivity index (χ0n) is 18.1. The fourth-order valence-electron chi connectivity index (χ4n) is 4.00. The number of benzene rings is 1. The van der Waals surface area contributed by atoms with Crippen molar-refractivity contribution in [1.82, 2.24) is 20.3 Å². The molecule has 7 heteroatoms. The lowest BCUT2D eigenvalue weighted by atomic mass is 9.79. The number of carbonyl (C=O) groups excluding carboxylic acids is 1. The molecule has 4 aromatic rings. The molecule has 162 valence electrons. The van der Waals surface area contributed by atoms with Gasteiger partial charge in [0, 0.05) is 35.1 Å². The normalized spacial score (nSPS) is 17.2. The number of nitriles is 1. The van der Waals surface area contributed by atoms with Gasteiger partial charge in [-0.15, -0.1) is 0 Å². The molecule has 0 radical (unpaired) electrons. The van der Waals surface area contributed by atoms with Gasteiger partial charge in [-0.25, -0.2) is 4.98 Å². The second-order valence-electron chi connectivity index (χ2n) is 8.29. The molecule has 4 heterocycles. The van der Waals surface area contributed by atoms with E-state index in [0.29, 0.717) is 24.5 Å². The van der Waals surface area contributed by atoms with Gasteiger partial charge < -0.3 is 10.1 Å². The van der Waals surface area contributed by atoms with Gasteiger partial charge in [-0.2, -0.15) is 5.26 Å². The smallest absolute Gasteiger partial charge is 0.251 e. The van der Waals surface area contributed by atoms with E-state index < -0.39 is 5.41 Å². The van der Waals surface area contributed by atoms with Crippen molar-refractivity contribution in [3.63, 3.8) is 0 Å². The minimum atomic E-state index is -0.762. The van der Waals surface area contributed by atoms with Gasteiger partial charge in [0.15, 0.2) is 0 Å².